The Morgan fingerprint density at radius 3 is 2.05 bits per heavy atom. The molecule has 1 fully saturated rings. The predicted molar refractivity (Wildman–Crippen MR) is 84.7 cm³/mol. The maximum atomic E-state index is 5.14. The van der Waals surface area contributed by atoms with E-state index in [0.29, 0.717) is 34.7 Å². The maximum absolute atomic E-state index is 5.14. The first-order chi connectivity index (χ1) is 9.82. The van der Waals surface area contributed by atoms with Gasteiger partial charge in [-0.05, 0) is 23.2 Å². The summed E-state index contributed by atoms with van der Waals surface area (Å²) >= 11 is 0. The molecule has 1 heterocycles. The van der Waals surface area contributed by atoms with E-state index in [9.17, 15) is 0 Å². The van der Waals surface area contributed by atoms with Crippen molar-refractivity contribution in [1.82, 2.24) is 15.0 Å². The Balaban J connectivity index is 2.03. The van der Waals surface area contributed by atoms with E-state index >= 15 is 0 Å². The number of nitrogens with zero attached hydrogens (tertiary/aromatic N) is 3. The van der Waals surface area contributed by atoms with E-state index in [1.54, 1.807) is 7.11 Å². The van der Waals surface area contributed by atoms with Gasteiger partial charge >= 0.3 is 6.01 Å². The highest BCUT2D eigenvalue weighted by atomic mass is 16.5. The van der Waals surface area contributed by atoms with Crippen LogP contribution in [0.25, 0.3) is 0 Å². The van der Waals surface area contributed by atoms with E-state index < -0.39 is 0 Å². The van der Waals surface area contributed by atoms with E-state index in [4.69, 9.17) is 4.74 Å². The molecule has 2 rings (SSSR count). The lowest BCUT2D eigenvalue weighted by Gasteiger charge is -2.09. The van der Waals surface area contributed by atoms with Crippen molar-refractivity contribution in [2.24, 2.45) is 16.7 Å². The summed E-state index contributed by atoms with van der Waals surface area (Å²) in [7, 11) is 1.57. The minimum atomic E-state index is 0.334. The topological polar surface area (TPSA) is 72.0 Å². The van der Waals surface area contributed by atoms with Crippen LogP contribution in [-0.4, -0.2) is 35.2 Å². The highest BCUT2D eigenvalue weighted by Gasteiger charge is 2.64. The summed E-state index contributed by atoms with van der Waals surface area (Å²) in [5.74, 6) is 1.74. The van der Waals surface area contributed by atoms with E-state index in [0.717, 1.165) is 19.5 Å². The van der Waals surface area contributed by atoms with Crippen molar-refractivity contribution in [1.29, 1.82) is 0 Å². The number of nitrogens with one attached hydrogen (secondary N) is 2. The molecule has 0 saturated heterocycles. The van der Waals surface area contributed by atoms with Crippen LogP contribution in [0.5, 0.6) is 6.01 Å². The van der Waals surface area contributed by atoms with Crippen molar-refractivity contribution in [2.45, 2.75) is 41.0 Å². The zero-order chi connectivity index (χ0) is 15.7. The van der Waals surface area contributed by atoms with Crippen molar-refractivity contribution >= 4 is 11.9 Å². The van der Waals surface area contributed by atoms with Gasteiger partial charge in [0, 0.05) is 13.1 Å². The number of aromatic nitrogens is 3. The summed E-state index contributed by atoms with van der Waals surface area (Å²) in [5.41, 5.74) is 0.695. The quantitative estimate of drug-likeness (QED) is 0.805. The van der Waals surface area contributed by atoms with Crippen molar-refractivity contribution in [3.8, 4) is 6.01 Å². The Kier molecular flexibility index (Phi) is 4.25. The first-order valence-corrected chi connectivity index (χ1v) is 7.60. The third-order valence-electron chi connectivity index (χ3n) is 5.11. The van der Waals surface area contributed by atoms with E-state index in [-0.39, 0.29) is 0 Å². The van der Waals surface area contributed by atoms with E-state index in [1.165, 1.54) is 0 Å². The molecule has 0 spiro atoms. The van der Waals surface area contributed by atoms with Gasteiger partial charge in [-0.1, -0.05) is 34.6 Å². The number of methoxy groups -OCH3 is 1. The SMILES string of the molecule is CCCNc1nc(NCC2C(C)(C)C2(C)C)nc(OC)n1. The van der Waals surface area contributed by atoms with Crippen LogP contribution in [0.3, 0.4) is 0 Å². The fourth-order valence-electron chi connectivity index (χ4n) is 2.88. The van der Waals surface area contributed by atoms with Crippen LogP contribution in [0.4, 0.5) is 11.9 Å². The van der Waals surface area contributed by atoms with Gasteiger partial charge in [0.2, 0.25) is 11.9 Å². The van der Waals surface area contributed by atoms with Crippen LogP contribution in [0.1, 0.15) is 41.0 Å². The molecule has 1 aromatic rings. The van der Waals surface area contributed by atoms with Gasteiger partial charge in [0.05, 0.1) is 7.11 Å². The van der Waals surface area contributed by atoms with Crippen LogP contribution in [0.2, 0.25) is 0 Å². The highest BCUT2D eigenvalue weighted by molar-refractivity contribution is 5.36. The van der Waals surface area contributed by atoms with Gasteiger partial charge in [-0.15, -0.1) is 0 Å². The molecule has 0 atom stereocenters. The number of hydrogen-bond donors (Lipinski definition) is 2. The fourth-order valence-corrected chi connectivity index (χ4v) is 2.88. The number of anilines is 2. The minimum absolute atomic E-state index is 0.334. The van der Waals surface area contributed by atoms with E-state index in [1.807, 2.05) is 0 Å². The number of rotatable bonds is 7. The van der Waals surface area contributed by atoms with Gasteiger partial charge < -0.3 is 15.4 Å². The number of ether oxygens (including phenoxy) is 1. The van der Waals surface area contributed by atoms with E-state index in [2.05, 4.69) is 60.2 Å². The first kappa shape index (κ1) is 15.8. The average Bonchev–Trinajstić information content (AvgIpc) is 2.83. The van der Waals surface area contributed by atoms with Gasteiger partial charge in [-0.2, -0.15) is 15.0 Å². The lowest BCUT2D eigenvalue weighted by atomic mass is 10.0. The first-order valence-electron chi connectivity index (χ1n) is 7.60. The number of hydrogen-bond acceptors (Lipinski definition) is 6. The van der Waals surface area contributed by atoms with Gasteiger partial charge in [0.15, 0.2) is 0 Å². The molecular formula is C15H27N5O. The summed E-state index contributed by atoms with van der Waals surface area (Å²) in [6, 6.07) is 0.334. The van der Waals surface area contributed by atoms with Gasteiger partial charge in [-0.3, -0.25) is 0 Å². The lowest BCUT2D eigenvalue weighted by molar-refractivity contribution is 0.379. The summed E-state index contributed by atoms with van der Waals surface area (Å²) < 4.78 is 5.14. The van der Waals surface area contributed by atoms with Crippen molar-refractivity contribution in [2.75, 3.05) is 30.8 Å². The molecule has 2 N–H and O–H groups in total. The largest absolute Gasteiger partial charge is 0.467 e. The standard InChI is InChI=1S/C15H27N5O/c1-7-8-16-11-18-12(20-13(19-11)21-6)17-9-10-14(2,3)15(10,4)5/h10H,7-9H2,1-6H3,(H2,16,17,18,19,20). The molecule has 0 aromatic carbocycles. The summed E-state index contributed by atoms with van der Waals surface area (Å²) in [6.45, 7) is 13.0. The Morgan fingerprint density at radius 1 is 1.00 bits per heavy atom. The minimum Gasteiger partial charge on any atom is -0.467 e. The molecule has 6 heteroatoms. The molecule has 0 amide bonds. The van der Waals surface area contributed by atoms with Gasteiger partial charge in [0.25, 0.3) is 0 Å². The zero-order valence-corrected chi connectivity index (χ0v) is 13.9. The molecule has 118 valence electrons. The fraction of sp³-hybridized carbons (Fsp3) is 0.800. The monoisotopic (exact) mass is 293 g/mol. The summed E-state index contributed by atoms with van der Waals surface area (Å²) in [6.07, 6.45) is 1.02. The maximum Gasteiger partial charge on any atom is 0.322 e. The molecule has 6 nitrogen and oxygen atoms in total. The van der Waals surface area contributed by atoms with Crippen molar-refractivity contribution in [3.63, 3.8) is 0 Å². The van der Waals surface area contributed by atoms with Crippen molar-refractivity contribution < 1.29 is 4.74 Å². The molecule has 1 aromatic heterocycles. The molecule has 0 bridgehead atoms. The Morgan fingerprint density at radius 2 is 1.57 bits per heavy atom. The molecule has 1 aliphatic rings. The Hall–Kier alpha value is -1.59. The summed E-state index contributed by atoms with van der Waals surface area (Å²) in [4.78, 5) is 12.8. The third kappa shape index (κ3) is 3.04. The van der Waals surface area contributed by atoms with Crippen LogP contribution >= 0.6 is 0 Å². The highest BCUT2D eigenvalue weighted by Crippen LogP contribution is 2.68. The van der Waals surface area contributed by atoms with Crippen LogP contribution in [0.15, 0.2) is 0 Å². The second kappa shape index (κ2) is 5.66. The van der Waals surface area contributed by atoms with Gasteiger partial charge in [0.1, 0.15) is 0 Å². The average molecular weight is 293 g/mol. The van der Waals surface area contributed by atoms with Crippen molar-refractivity contribution in [3.05, 3.63) is 0 Å². The predicted octanol–water partition coefficient (Wildman–Crippen LogP) is 2.80. The second-order valence-corrected chi connectivity index (χ2v) is 6.77. The third-order valence-corrected chi connectivity index (χ3v) is 5.11. The summed E-state index contributed by atoms with van der Waals surface area (Å²) in [5, 5.41) is 6.49. The Labute approximate surface area is 127 Å². The molecule has 1 saturated carbocycles. The normalized spacial score (nSPS) is 19.1. The van der Waals surface area contributed by atoms with Crippen LogP contribution in [-0.2, 0) is 0 Å². The van der Waals surface area contributed by atoms with Crippen LogP contribution in [0, 0.1) is 16.7 Å². The second-order valence-electron chi connectivity index (χ2n) is 6.77. The van der Waals surface area contributed by atoms with Crippen LogP contribution < -0.4 is 15.4 Å². The molecule has 0 unspecified atom stereocenters. The van der Waals surface area contributed by atoms with Gasteiger partial charge in [-0.25, -0.2) is 0 Å². The smallest absolute Gasteiger partial charge is 0.322 e. The molecule has 21 heavy (non-hydrogen) atoms. The molecule has 0 radical (unpaired) electrons. The Bertz CT molecular complexity index is 487. The molecule has 0 aliphatic heterocycles. The molecular weight excluding hydrogens is 266 g/mol. The zero-order valence-electron chi connectivity index (χ0n) is 13.9. The lowest BCUT2D eigenvalue weighted by Crippen LogP contribution is -2.14. The molecule has 1 aliphatic carbocycles.